The van der Waals surface area contributed by atoms with Gasteiger partial charge in [-0.15, -0.1) is 16.4 Å². The van der Waals surface area contributed by atoms with Gasteiger partial charge < -0.3 is 11.1 Å². The Balaban J connectivity index is 1.63. The highest BCUT2D eigenvalue weighted by Crippen LogP contribution is 2.37. The number of nitrogens with two attached hydrogens (primary N) is 1. The lowest BCUT2D eigenvalue weighted by molar-refractivity contribution is -0.114. The highest BCUT2D eigenvalue weighted by atomic mass is 32.2. The van der Waals surface area contributed by atoms with E-state index in [9.17, 15) is 4.79 Å². The van der Waals surface area contributed by atoms with Crippen LogP contribution in [-0.2, 0) is 4.79 Å². The minimum Gasteiger partial charge on any atom is -0.383 e. The predicted molar refractivity (Wildman–Crippen MR) is 119 cm³/mol. The second-order valence-electron chi connectivity index (χ2n) is 6.80. The van der Waals surface area contributed by atoms with Crippen LogP contribution in [0.3, 0.4) is 0 Å². The molecule has 4 rings (SSSR count). The molecule has 0 radical (unpaired) electrons. The van der Waals surface area contributed by atoms with Crippen LogP contribution >= 0.6 is 23.1 Å². The van der Waals surface area contributed by atoms with Crippen molar-refractivity contribution in [1.29, 1.82) is 0 Å². The van der Waals surface area contributed by atoms with E-state index >= 15 is 0 Å². The summed E-state index contributed by atoms with van der Waals surface area (Å²) < 4.78 is 1.62. The number of nitrogens with one attached hydrogen (secondary N) is 1. The van der Waals surface area contributed by atoms with E-state index in [2.05, 4.69) is 32.7 Å². The van der Waals surface area contributed by atoms with Crippen molar-refractivity contribution in [3.63, 3.8) is 0 Å². The first-order valence-electron chi connectivity index (χ1n) is 9.19. The summed E-state index contributed by atoms with van der Waals surface area (Å²) >= 11 is 3.05. The average molecular weight is 441 g/mol. The number of aryl methyl sites for hydroxylation is 2. The fraction of sp³-hybridized carbons (Fsp3) is 0.263. The van der Waals surface area contributed by atoms with Gasteiger partial charge in [0.25, 0.3) is 0 Å². The van der Waals surface area contributed by atoms with Crippen molar-refractivity contribution < 1.29 is 4.79 Å². The van der Waals surface area contributed by atoms with Gasteiger partial charge in [-0.2, -0.15) is 4.68 Å². The number of aromatic nitrogens is 6. The van der Waals surface area contributed by atoms with Gasteiger partial charge >= 0.3 is 0 Å². The van der Waals surface area contributed by atoms with Crippen molar-refractivity contribution in [2.24, 2.45) is 0 Å². The summed E-state index contributed by atoms with van der Waals surface area (Å²) in [6.07, 6.45) is 0. The minimum atomic E-state index is -0.142. The molecule has 0 aliphatic carbocycles. The quantitative estimate of drug-likeness (QED) is 0.450. The zero-order valence-electron chi connectivity index (χ0n) is 16.9. The summed E-state index contributed by atoms with van der Waals surface area (Å²) in [5.41, 5.74) is 8.76. The van der Waals surface area contributed by atoms with Gasteiger partial charge in [0, 0.05) is 17.5 Å². The topological polar surface area (TPSA) is 124 Å². The molecule has 3 N–H and O–H groups in total. The molecule has 0 aliphatic rings. The van der Waals surface area contributed by atoms with E-state index in [0.717, 1.165) is 21.5 Å². The van der Waals surface area contributed by atoms with Crippen LogP contribution in [0.5, 0.6) is 0 Å². The second-order valence-corrected chi connectivity index (χ2v) is 9.31. The van der Waals surface area contributed by atoms with Crippen LogP contribution in [0, 0.1) is 13.8 Å². The molecule has 1 atom stereocenters. The number of hydrogen-bond acceptors (Lipinski definition) is 9. The number of nitrogens with zero attached hydrogens (tertiary/aromatic N) is 6. The molecule has 154 valence electrons. The summed E-state index contributed by atoms with van der Waals surface area (Å²) in [5, 5.41) is 16.2. The van der Waals surface area contributed by atoms with Crippen molar-refractivity contribution in [3.05, 3.63) is 40.5 Å². The Morgan fingerprint density at radius 3 is 2.87 bits per heavy atom. The summed E-state index contributed by atoms with van der Waals surface area (Å²) in [6, 6.07) is 7.32. The molecule has 0 aliphatic heterocycles. The number of anilines is 2. The number of rotatable bonds is 5. The zero-order chi connectivity index (χ0) is 21.4. The Hall–Kier alpha value is -3.05. The van der Waals surface area contributed by atoms with E-state index in [-0.39, 0.29) is 11.2 Å². The fourth-order valence-electron chi connectivity index (χ4n) is 3.02. The molecule has 1 amide bonds. The molecular formula is C19H20N8OS2. The van der Waals surface area contributed by atoms with E-state index in [4.69, 9.17) is 10.7 Å². The predicted octanol–water partition coefficient (Wildman–Crippen LogP) is 3.68. The summed E-state index contributed by atoms with van der Waals surface area (Å²) in [7, 11) is 0. The lowest BCUT2D eigenvalue weighted by Gasteiger charge is -2.11. The van der Waals surface area contributed by atoms with Gasteiger partial charge in [0.1, 0.15) is 16.5 Å². The molecular weight excluding hydrogens is 420 g/mol. The molecule has 30 heavy (non-hydrogen) atoms. The largest absolute Gasteiger partial charge is 0.383 e. The van der Waals surface area contributed by atoms with Crippen molar-refractivity contribution >= 4 is 50.7 Å². The lowest BCUT2D eigenvalue weighted by atomic mass is 10.2. The number of carbonyl (C=O) groups excluding carboxylic acids is 1. The number of hydrogen-bond donors (Lipinski definition) is 2. The van der Waals surface area contributed by atoms with Gasteiger partial charge in [0.15, 0.2) is 0 Å². The van der Waals surface area contributed by atoms with Crippen LogP contribution in [0.25, 0.3) is 15.9 Å². The summed E-state index contributed by atoms with van der Waals surface area (Å²) in [6.45, 7) is 7.55. The summed E-state index contributed by atoms with van der Waals surface area (Å²) in [4.78, 5) is 22.7. The third kappa shape index (κ3) is 3.85. The van der Waals surface area contributed by atoms with E-state index in [1.54, 1.807) is 16.0 Å². The number of amides is 1. The molecule has 9 nitrogen and oxygen atoms in total. The Bertz CT molecular complexity index is 1250. The van der Waals surface area contributed by atoms with E-state index in [1.807, 2.05) is 38.1 Å². The maximum Gasteiger partial charge on any atom is 0.221 e. The monoisotopic (exact) mass is 440 g/mol. The van der Waals surface area contributed by atoms with E-state index in [1.165, 1.54) is 23.6 Å². The number of tetrazole rings is 1. The Kier molecular flexibility index (Phi) is 5.39. The Morgan fingerprint density at radius 1 is 1.30 bits per heavy atom. The number of thioether (sulfide) groups is 1. The highest BCUT2D eigenvalue weighted by molar-refractivity contribution is 7.99. The first-order chi connectivity index (χ1) is 14.3. The number of benzene rings is 1. The Morgan fingerprint density at radius 2 is 2.10 bits per heavy atom. The molecule has 0 spiro atoms. The van der Waals surface area contributed by atoms with E-state index in [0.29, 0.717) is 22.5 Å². The number of thiophene rings is 1. The molecule has 0 saturated heterocycles. The van der Waals surface area contributed by atoms with Gasteiger partial charge in [0.2, 0.25) is 11.1 Å². The number of fused-ring (bicyclic) bond motifs is 1. The van der Waals surface area contributed by atoms with Crippen LogP contribution in [0.1, 0.15) is 35.4 Å². The molecule has 0 saturated carbocycles. The highest BCUT2D eigenvalue weighted by Gasteiger charge is 2.20. The van der Waals surface area contributed by atoms with Crippen LogP contribution in [0.4, 0.5) is 11.5 Å². The SMILES string of the molecule is CC(=O)Nc1cccc(-n2nnnc2SC(C)c2nc(N)c3c(C)c(C)sc3n2)c1. The van der Waals surface area contributed by atoms with Crippen molar-refractivity contribution in [3.8, 4) is 5.69 Å². The standard InChI is InChI=1S/C19H20N8OS2/c1-9-10(2)29-18-15(9)16(20)22-17(23-18)11(3)30-19-24-25-26-27(19)14-7-5-6-13(8-14)21-12(4)28/h5-8,11H,1-4H3,(H,21,28)(H2,20,22,23). The molecule has 0 bridgehead atoms. The maximum absolute atomic E-state index is 11.3. The maximum atomic E-state index is 11.3. The molecule has 11 heteroatoms. The van der Waals surface area contributed by atoms with Crippen molar-refractivity contribution in [2.75, 3.05) is 11.1 Å². The van der Waals surface area contributed by atoms with Crippen LogP contribution in [-0.4, -0.2) is 36.1 Å². The molecule has 4 aromatic rings. The third-order valence-electron chi connectivity index (χ3n) is 4.57. The molecule has 1 aromatic carbocycles. The summed E-state index contributed by atoms with van der Waals surface area (Å²) in [5.74, 6) is 0.982. The number of nitrogen functional groups attached to an aromatic ring is 1. The van der Waals surface area contributed by atoms with Gasteiger partial charge in [-0.05, 0) is 55.0 Å². The first kappa shape index (κ1) is 20.2. The van der Waals surface area contributed by atoms with Crippen LogP contribution in [0.15, 0.2) is 29.4 Å². The van der Waals surface area contributed by atoms with Crippen molar-refractivity contribution in [1.82, 2.24) is 30.2 Å². The zero-order valence-corrected chi connectivity index (χ0v) is 18.5. The smallest absolute Gasteiger partial charge is 0.221 e. The van der Waals surface area contributed by atoms with Gasteiger partial charge in [0.05, 0.1) is 16.3 Å². The van der Waals surface area contributed by atoms with Gasteiger partial charge in [-0.3, -0.25) is 4.79 Å². The van der Waals surface area contributed by atoms with Crippen LogP contribution in [0.2, 0.25) is 0 Å². The van der Waals surface area contributed by atoms with E-state index < -0.39 is 0 Å². The van der Waals surface area contributed by atoms with Crippen molar-refractivity contribution in [2.45, 2.75) is 38.1 Å². The molecule has 0 fully saturated rings. The lowest BCUT2D eigenvalue weighted by Crippen LogP contribution is -2.07. The van der Waals surface area contributed by atoms with Gasteiger partial charge in [-0.1, -0.05) is 17.8 Å². The first-order valence-corrected chi connectivity index (χ1v) is 10.9. The Labute approximate surface area is 181 Å². The third-order valence-corrected chi connectivity index (χ3v) is 6.70. The van der Waals surface area contributed by atoms with Crippen LogP contribution < -0.4 is 11.1 Å². The van der Waals surface area contributed by atoms with Gasteiger partial charge in [-0.25, -0.2) is 9.97 Å². The number of carbonyl (C=O) groups is 1. The molecule has 1 unspecified atom stereocenters. The minimum absolute atomic E-state index is 0.123. The fourth-order valence-corrected chi connectivity index (χ4v) is 4.92. The average Bonchev–Trinajstić information content (AvgIpc) is 3.26. The molecule has 3 aromatic heterocycles. The normalized spacial score (nSPS) is 12.3. The second kappa shape index (κ2) is 8.00. The molecule has 3 heterocycles.